The van der Waals surface area contributed by atoms with Gasteiger partial charge in [0.25, 0.3) is 0 Å². The zero-order chi connectivity index (χ0) is 24.3. The minimum Gasteiger partial charge on any atom is -0.480 e. The minimum absolute atomic E-state index is 0.0438. The molecule has 1 aromatic carbocycles. The molecule has 3 N–H and O–H groups in total. The zero-order valence-corrected chi connectivity index (χ0v) is 19.6. The molecule has 0 aliphatic carbocycles. The predicted octanol–water partition coefficient (Wildman–Crippen LogP) is 0.386. The molecule has 10 nitrogen and oxygen atoms in total. The maximum Gasteiger partial charge on any atom is 0.326 e. The van der Waals surface area contributed by atoms with Crippen molar-refractivity contribution in [3.8, 4) is 0 Å². The molecule has 182 valence electrons. The highest BCUT2D eigenvalue weighted by atomic mass is 32.2. The van der Waals surface area contributed by atoms with Gasteiger partial charge in [-0.3, -0.25) is 14.9 Å². The number of aryl methyl sites for hydroxylation is 1. The quantitative estimate of drug-likeness (QED) is 0.459. The van der Waals surface area contributed by atoms with E-state index in [-0.39, 0.29) is 25.3 Å². The summed E-state index contributed by atoms with van der Waals surface area (Å²) in [6.45, 7) is 1.86. The van der Waals surface area contributed by atoms with Crippen molar-refractivity contribution >= 4 is 27.9 Å². The van der Waals surface area contributed by atoms with Gasteiger partial charge in [-0.05, 0) is 44.1 Å². The van der Waals surface area contributed by atoms with Gasteiger partial charge >= 0.3 is 11.9 Å². The number of nitrogens with zero attached hydrogens (tertiary/aromatic N) is 2. The van der Waals surface area contributed by atoms with Gasteiger partial charge in [0, 0.05) is 19.1 Å². The third-order valence-electron chi connectivity index (χ3n) is 6.60. The molecule has 1 amide bonds. The Kier molecular flexibility index (Phi) is 7.76. The molecule has 2 aliphatic rings. The van der Waals surface area contributed by atoms with Gasteiger partial charge in [-0.1, -0.05) is 30.3 Å². The van der Waals surface area contributed by atoms with Crippen LogP contribution in [0.5, 0.6) is 0 Å². The van der Waals surface area contributed by atoms with Gasteiger partial charge in [0.05, 0.1) is 12.3 Å². The van der Waals surface area contributed by atoms with Gasteiger partial charge in [0.15, 0.2) is 0 Å². The molecule has 2 heterocycles. The second-order valence-corrected chi connectivity index (χ2v) is 10.9. The van der Waals surface area contributed by atoms with E-state index in [2.05, 4.69) is 5.32 Å². The van der Waals surface area contributed by atoms with E-state index >= 15 is 0 Å². The molecule has 2 aliphatic heterocycles. The maximum atomic E-state index is 13.3. The monoisotopic (exact) mass is 481 g/mol. The van der Waals surface area contributed by atoms with E-state index in [4.69, 9.17) is 0 Å². The molecule has 2 fully saturated rings. The lowest BCUT2D eigenvalue weighted by molar-refractivity contribution is -0.151. The summed E-state index contributed by atoms with van der Waals surface area (Å²) in [4.78, 5) is 38.3. The number of hydrogen-bond acceptors (Lipinski definition) is 6. The number of carboxylic acids is 2. The Morgan fingerprint density at radius 2 is 1.85 bits per heavy atom. The van der Waals surface area contributed by atoms with E-state index in [9.17, 15) is 33.0 Å². The summed E-state index contributed by atoms with van der Waals surface area (Å²) in [5.41, 5.74) is 0.973. The molecule has 0 spiro atoms. The maximum absolute atomic E-state index is 13.3. The first-order chi connectivity index (χ1) is 15.5. The van der Waals surface area contributed by atoms with E-state index in [1.807, 2.05) is 30.3 Å². The fraction of sp³-hybridized carbons (Fsp3) is 0.591. The van der Waals surface area contributed by atoms with Gasteiger partial charge in [-0.25, -0.2) is 17.5 Å². The SMILES string of the molecule is C[C@H](N[C@H](CCc1ccccc1)C(=O)O)C(=O)N1[C@H](C(=O)O)C[C@@H]2CCN(S(C)(=O)=O)C[C@@H]21. The lowest BCUT2D eigenvalue weighted by atomic mass is 9.92. The van der Waals surface area contributed by atoms with Crippen molar-refractivity contribution < 1.29 is 33.0 Å². The Balaban J connectivity index is 1.73. The van der Waals surface area contributed by atoms with E-state index in [1.54, 1.807) is 0 Å². The third kappa shape index (κ3) is 5.90. The molecule has 0 bridgehead atoms. The molecular formula is C22H31N3O7S. The Bertz CT molecular complexity index is 985. The Morgan fingerprint density at radius 1 is 1.18 bits per heavy atom. The van der Waals surface area contributed by atoms with Crippen LogP contribution in [-0.4, -0.2) is 89.2 Å². The standard InChI is InChI=1S/C22H31N3O7S/c1-14(23-17(21(27)28)9-8-15-6-4-3-5-7-15)20(26)25-18(22(29)30)12-16-10-11-24(13-19(16)25)33(2,31)32/h3-7,14,16-19,23H,8-13H2,1-2H3,(H,27,28)(H,29,30)/t14-,16-,17+,18-,19-/m0/s1. The first kappa shape index (κ1) is 25.1. The van der Waals surface area contributed by atoms with Crippen LogP contribution in [0.25, 0.3) is 0 Å². The largest absolute Gasteiger partial charge is 0.480 e. The van der Waals surface area contributed by atoms with Crippen molar-refractivity contribution in [1.29, 1.82) is 0 Å². The molecule has 0 radical (unpaired) electrons. The van der Waals surface area contributed by atoms with E-state index < -0.39 is 52.0 Å². The number of carbonyl (C=O) groups is 3. The van der Waals surface area contributed by atoms with Gasteiger partial charge in [-0.2, -0.15) is 0 Å². The Labute approximate surface area is 193 Å². The number of aliphatic carboxylic acids is 2. The number of rotatable bonds is 9. The lowest BCUT2D eigenvalue weighted by Gasteiger charge is -2.38. The van der Waals surface area contributed by atoms with Crippen LogP contribution in [0.1, 0.15) is 31.7 Å². The number of sulfonamides is 1. The summed E-state index contributed by atoms with van der Waals surface area (Å²) in [5.74, 6) is -2.89. The Hall–Kier alpha value is -2.50. The summed E-state index contributed by atoms with van der Waals surface area (Å²) in [6.07, 6.45) is 2.58. The highest BCUT2D eigenvalue weighted by molar-refractivity contribution is 7.88. The number of nitrogens with one attached hydrogen (secondary N) is 1. The van der Waals surface area contributed by atoms with E-state index in [0.29, 0.717) is 19.4 Å². The summed E-state index contributed by atoms with van der Waals surface area (Å²) in [6, 6.07) is 5.83. The van der Waals surface area contributed by atoms with Gasteiger partial charge in [-0.15, -0.1) is 0 Å². The van der Waals surface area contributed by atoms with Crippen molar-refractivity contribution in [2.45, 2.75) is 56.8 Å². The number of likely N-dealkylation sites (tertiary alicyclic amines) is 1. The van der Waals surface area contributed by atoms with Crippen LogP contribution in [0, 0.1) is 5.92 Å². The highest BCUT2D eigenvalue weighted by Gasteiger charge is 2.50. The van der Waals surface area contributed by atoms with Gasteiger partial charge in [0.2, 0.25) is 15.9 Å². The number of benzene rings is 1. The van der Waals surface area contributed by atoms with Gasteiger partial charge < -0.3 is 15.1 Å². The number of piperidine rings is 1. The van der Waals surface area contributed by atoms with Crippen LogP contribution in [0.15, 0.2) is 30.3 Å². The van der Waals surface area contributed by atoms with Crippen LogP contribution < -0.4 is 5.32 Å². The van der Waals surface area contributed by atoms with Gasteiger partial charge in [0.1, 0.15) is 12.1 Å². The van der Waals surface area contributed by atoms with Crippen LogP contribution >= 0.6 is 0 Å². The molecule has 5 atom stereocenters. The molecule has 2 saturated heterocycles. The highest BCUT2D eigenvalue weighted by Crippen LogP contribution is 2.37. The van der Waals surface area contributed by atoms with Crippen LogP contribution in [0.4, 0.5) is 0 Å². The number of fused-ring (bicyclic) bond motifs is 1. The number of carboxylic acid groups (broad SMARTS) is 2. The fourth-order valence-corrected chi connectivity index (χ4v) is 5.70. The molecule has 11 heteroatoms. The molecule has 3 rings (SSSR count). The molecule has 0 unspecified atom stereocenters. The van der Waals surface area contributed by atoms with Crippen LogP contribution in [0.2, 0.25) is 0 Å². The Morgan fingerprint density at radius 3 is 2.42 bits per heavy atom. The summed E-state index contributed by atoms with van der Waals surface area (Å²) in [7, 11) is -3.48. The normalized spacial score (nSPS) is 25.3. The number of carbonyl (C=O) groups excluding carboxylic acids is 1. The average molecular weight is 482 g/mol. The van der Waals surface area contributed by atoms with Crippen molar-refractivity contribution in [2.24, 2.45) is 5.92 Å². The average Bonchev–Trinajstić information content (AvgIpc) is 3.15. The summed E-state index contributed by atoms with van der Waals surface area (Å²) in [5, 5.41) is 22.2. The minimum atomic E-state index is -3.48. The zero-order valence-electron chi connectivity index (χ0n) is 18.8. The first-order valence-electron chi connectivity index (χ1n) is 11.0. The lowest BCUT2D eigenvalue weighted by Crippen LogP contribution is -2.58. The second-order valence-electron chi connectivity index (χ2n) is 8.88. The second kappa shape index (κ2) is 10.2. The molecule has 0 saturated carbocycles. The van der Waals surface area contributed by atoms with Crippen molar-refractivity contribution in [1.82, 2.24) is 14.5 Å². The molecular weight excluding hydrogens is 450 g/mol. The molecule has 33 heavy (non-hydrogen) atoms. The van der Waals surface area contributed by atoms with Crippen molar-refractivity contribution in [3.63, 3.8) is 0 Å². The van der Waals surface area contributed by atoms with Crippen molar-refractivity contribution in [2.75, 3.05) is 19.3 Å². The summed E-state index contributed by atoms with van der Waals surface area (Å²) >= 11 is 0. The first-order valence-corrected chi connectivity index (χ1v) is 12.9. The number of hydrogen-bond donors (Lipinski definition) is 3. The topological polar surface area (TPSA) is 144 Å². The number of amides is 1. The van der Waals surface area contributed by atoms with Crippen LogP contribution in [-0.2, 0) is 30.8 Å². The molecule has 1 aromatic rings. The fourth-order valence-electron chi connectivity index (χ4n) is 4.84. The smallest absolute Gasteiger partial charge is 0.326 e. The van der Waals surface area contributed by atoms with E-state index in [0.717, 1.165) is 11.8 Å². The summed E-state index contributed by atoms with van der Waals surface area (Å²) < 4.78 is 25.4. The molecule has 0 aromatic heterocycles. The van der Waals surface area contributed by atoms with E-state index in [1.165, 1.54) is 16.1 Å². The van der Waals surface area contributed by atoms with Crippen LogP contribution in [0.3, 0.4) is 0 Å². The van der Waals surface area contributed by atoms with Crippen molar-refractivity contribution in [3.05, 3.63) is 35.9 Å². The third-order valence-corrected chi connectivity index (χ3v) is 7.87. The predicted molar refractivity (Wildman–Crippen MR) is 120 cm³/mol.